The number of rotatable bonds is 8. The van der Waals surface area contributed by atoms with Gasteiger partial charge in [-0.25, -0.2) is 0 Å². The molecule has 1 fully saturated rings. The minimum atomic E-state index is -0.487. The molecule has 0 aromatic heterocycles. The lowest BCUT2D eigenvalue weighted by Crippen LogP contribution is -2.51. The van der Waals surface area contributed by atoms with Gasteiger partial charge in [0.05, 0.1) is 6.42 Å². The van der Waals surface area contributed by atoms with E-state index in [0.29, 0.717) is 18.0 Å². The highest BCUT2D eigenvalue weighted by molar-refractivity contribution is 6.30. The Kier molecular flexibility index (Phi) is 7.92. The van der Waals surface area contributed by atoms with Gasteiger partial charge in [-0.1, -0.05) is 73.3 Å². The number of amides is 2. The molecule has 3 rings (SSSR count). The Morgan fingerprint density at radius 2 is 1.63 bits per heavy atom. The minimum absolute atomic E-state index is 0.0396. The van der Waals surface area contributed by atoms with Gasteiger partial charge in [0, 0.05) is 17.6 Å². The van der Waals surface area contributed by atoms with Gasteiger partial charge in [0.1, 0.15) is 6.04 Å². The summed E-state index contributed by atoms with van der Waals surface area (Å²) in [4.78, 5) is 28.2. The van der Waals surface area contributed by atoms with Crippen LogP contribution in [-0.2, 0) is 22.6 Å². The van der Waals surface area contributed by atoms with E-state index in [-0.39, 0.29) is 24.3 Å². The van der Waals surface area contributed by atoms with E-state index in [1.807, 2.05) is 62.4 Å². The summed E-state index contributed by atoms with van der Waals surface area (Å²) in [6.07, 6.45) is 5.21. The Hall–Kier alpha value is -2.33. The first-order chi connectivity index (χ1) is 14.5. The molecule has 1 atom stereocenters. The predicted molar refractivity (Wildman–Crippen MR) is 121 cm³/mol. The highest BCUT2D eigenvalue weighted by Crippen LogP contribution is 2.20. The second kappa shape index (κ2) is 10.6. The van der Waals surface area contributed by atoms with Gasteiger partial charge >= 0.3 is 0 Å². The second-order valence-electron chi connectivity index (χ2n) is 8.22. The normalized spacial score (nSPS) is 15.0. The van der Waals surface area contributed by atoms with E-state index in [1.165, 1.54) is 0 Å². The summed E-state index contributed by atoms with van der Waals surface area (Å²) in [6.45, 7) is 4.38. The number of hydrogen-bond donors (Lipinski definition) is 1. The number of nitrogens with zero attached hydrogens (tertiary/aromatic N) is 1. The van der Waals surface area contributed by atoms with Gasteiger partial charge in [0.25, 0.3) is 0 Å². The third-order valence-corrected chi connectivity index (χ3v) is 6.08. The van der Waals surface area contributed by atoms with Crippen molar-refractivity contribution in [1.29, 1.82) is 0 Å². The van der Waals surface area contributed by atoms with Crippen molar-refractivity contribution in [3.8, 4) is 0 Å². The average Bonchev–Trinajstić information content (AvgIpc) is 3.24. The Bertz CT molecular complexity index is 842. The molecule has 0 aliphatic heterocycles. The maximum Gasteiger partial charge on any atom is 0.243 e. The standard InChI is InChI=1S/C25H31ClN2O2/c1-3-23(25(30)27-22-6-4-5-7-22)28(17-20-12-14-21(26)15-13-20)24(29)16-19-10-8-18(2)9-11-19/h8-15,22-23H,3-7,16-17H2,1-2H3,(H,27,30). The van der Waals surface area contributed by atoms with Crippen molar-refractivity contribution in [2.75, 3.05) is 0 Å². The van der Waals surface area contributed by atoms with Crippen LogP contribution in [0.2, 0.25) is 5.02 Å². The predicted octanol–water partition coefficient (Wildman–Crippen LogP) is 5.06. The minimum Gasteiger partial charge on any atom is -0.352 e. The first-order valence-electron chi connectivity index (χ1n) is 10.9. The summed E-state index contributed by atoms with van der Waals surface area (Å²) in [5, 5.41) is 3.83. The van der Waals surface area contributed by atoms with Crippen LogP contribution in [0, 0.1) is 6.92 Å². The highest BCUT2D eigenvalue weighted by Gasteiger charge is 2.30. The van der Waals surface area contributed by atoms with E-state index in [2.05, 4.69) is 5.32 Å². The van der Waals surface area contributed by atoms with Crippen molar-refractivity contribution >= 4 is 23.4 Å². The molecule has 0 radical (unpaired) electrons. The van der Waals surface area contributed by atoms with Gasteiger partial charge < -0.3 is 10.2 Å². The molecule has 2 aromatic carbocycles. The summed E-state index contributed by atoms with van der Waals surface area (Å²) in [5.74, 6) is -0.0853. The van der Waals surface area contributed by atoms with Crippen molar-refractivity contribution in [1.82, 2.24) is 10.2 Å². The summed E-state index contributed by atoms with van der Waals surface area (Å²) < 4.78 is 0. The molecule has 4 nitrogen and oxygen atoms in total. The molecule has 0 bridgehead atoms. The number of aryl methyl sites for hydroxylation is 1. The van der Waals surface area contributed by atoms with Gasteiger partial charge in [-0.3, -0.25) is 9.59 Å². The smallest absolute Gasteiger partial charge is 0.243 e. The van der Waals surface area contributed by atoms with Crippen molar-refractivity contribution in [3.63, 3.8) is 0 Å². The zero-order chi connectivity index (χ0) is 21.5. The maximum absolute atomic E-state index is 13.3. The van der Waals surface area contributed by atoms with Crippen LogP contribution in [0.25, 0.3) is 0 Å². The van der Waals surface area contributed by atoms with Gasteiger partial charge in [-0.05, 0) is 49.4 Å². The first-order valence-corrected chi connectivity index (χ1v) is 11.2. The van der Waals surface area contributed by atoms with Crippen LogP contribution in [0.5, 0.6) is 0 Å². The Morgan fingerprint density at radius 1 is 1.03 bits per heavy atom. The van der Waals surface area contributed by atoms with Crippen LogP contribution >= 0.6 is 11.6 Å². The Labute approximate surface area is 184 Å². The molecule has 1 unspecified atom stereocenters. The number of halogens is 1. The lowest BCUT2D eigenvalue weighted by Gasteiger charge is -2.31. The average molecular weight is 427 g/mol. The third kappa shape index (κ3) is 6.09. The quantitative estimate of drug-likeness (QED) is 0.641. The van der Waals surface area contributed by atoms with E-state index in [9.17, 15) is 9.59 Å². The van der Waals surface area contributed by atoms with Crippen LogP contribution in [0.3, 0.4) is 0 Å². The zero-order valence-electron chi connectivity index (χ0n) is 17.9. The number of hydrogen-bond acceptors (Lipinski definition) is 2. The third-order valence-electron chi connectivity index (χ3n) is 5.83. The molecule has 2 amide bonds. The van der Waals surface area contributed by atoms with Crippen LogP contribution in [-0.4, -0.2) is 28.8 Å². The molecule has 0 spiro atoms. The fraction of sp³-hybridized carbons (Fsp3) is 0.440. The molecule has 5 heteroatoms. The van der Waals surface area contributed by atoms with Crippen LogP contribution < -0.4 is 5.32 Å². The molecular formula is C25H31ClN2O2. The Balaban J connectivity index is 1.80. The van der Waals surface area contributed by atoms with Crippen LogP contribution in [0.15, 0.2) is 48.5 Å². The van der Waals surface area contributed by atoms with Gasteiger partial charge in [0.15, 0.2) is 0 Å². The van der Waals surface area contributed by atoms with Gasteiger partial charge in [-0.15, -0.1) is 0 Å². The van der Waals surface area contributed by atoms with E-state index in [4.69, 9.17) is 11.6 Å². The van der Waals surface area contributed by atoms with E-state index < -0.39 is 6.04 Å². The summed E-state index contributed by atoms with van der Waals surface area (Å²) in [5.41, 5.74) is 3.08. The summed E-state index contributed by atoms with van der Waals surface area (Å²) in [6, 6.07) is 15.2. The molecule has 1 aliphatic carbocycles. The zero-order valence-corrected chi connectivity index (χ0v) is 18.6. The van der Waals surface area contributed by atoms with Crippen LogP contribution in [0.4, 0.5) is 0 Å². The molecule has 1 saturated carbocycles. The van der Waals surface area contributed by atoms with Crippen molar-refractivity contribution in [3.05, 3.63) is 70.2 Å². The Morgan fingerprint density at radius 3 is 2.23 bits per heavy atom. The number of nitrogens with one attached hydrogen (secondary N) is 1. The highest BCUT2D eigenvalue weighted by atomic mass is 35.5. The largest absolute Gasteiger partial charge is 0.352 e. The fourth-order valence-electron chi connectivity index (χ4n) is 4.06. The molecule has 30 heavy (non-hydrogen) atoms. The second-order valence-corrected chi connectivity index (χ2v) is 8.66. The number of carbonyl (C=O) groups excluding carboxylic acids is 2. The number of benzene rings is 2. The fourth-order valence-corrected chi connectivity index (χ4v) is 4.18. The van der Waals surface area contributed by atoms with Crippen molar-refractivity contribution in [2.24, 2.45) is 0 Å². The van der Waals surface area contributed by atoms with Gasteiger partial charge in [-0.2, -0.15) is 0 Å². The molecule has 0 heterocycles. The van der Waals surface area contributed by atoms with E-state index in [1.54, 1.807) is 4.90 Å². The monoisotopic (exact) mass is 426 g/mol. The SMILES string of the molecule is CCC(C(=O)NC1CCCC1)N(Cc1ccc(Cl)cc1)C(=O)Cc1ccc(C)cc1. The summed E-state index contributed by atoms with van der Waals surface area (Å²) >= 11 is 6.02. The van der Waals surface area contributed by atoms with Crippen molar-refractivity contribution < 1.29 is 9.59 Å². The number of carbonyl (C=O) groups is 2. The lowest BCUT2D eigenvalue weighted by atomic mass is 10.1. The molecule has 0 saturated heterocycles. The molecule has 1 N–H and O–H groups in total. The molecular weight excluding hydrogens is 396 g/mol. The lowest BCUT2D eigenvalue weighted by molar-refractivity contribution is -0.141. The first kappa shape index (κ1) is 22.4. The van der Waals surface area contributed by atoms with E-state index in [0.717, 1.165) is 42.4 Å². The van der Waals surface area contributed by atoms with Crippen molar-refractivity contribution in [2.45, 2.75) is 71.0 Å². The molecule has 160 valence electrons. The maximum atomic E-state index is 13.3. The van der Waals surface area contributed by atoms with Crippen LogP contribution in [0.1, 0.15) is 55.7 Å². The molecule has 1 aliphatic rings. The topological polar surface area (TPSA) is 49.4 Å². The molecule has 2 aromatic rings. The van der Waals surface area contributed by atoms with E-state index >= 15 is 0 Å². The summed E-state index contributed by atoms with van der Waals surface area (Å²) in [7, 11) is 0. The van der Waals surface area contributed by atoms with Gasteiger partial charge in [0.2, 0.25) is 11.8 Å².